The van der Waals surface area contributed by atoms with Gasteiger partial charge in [0, 0.05) is 30.6 Å². The molecule has 7 nitrogen and oxygen atoms in total. The summed E-state index contributed by atoms with van der Waals surface area (Å²) >= 11 is 0. The van der Waals surface area contributed by atoms with Gasteiger partial charge in [0.05, 0.1) is 5.92 Å². The van der Waals surface area contributed by atoms with E-state index < -0.39 is 5.63 Å². The van der Waals surface area contributed by atoms with E-state index in [1.165, 1.54) is 6.07 Å². The van der Waals surface area contributed by atoms with Gasteiger partial charge in [-0.15, -0.1) is 0 Å². The quantitative estimate of drug-likeness (QED) is 0.815. The number of carbonyl (C=O) groups is 2. The molecule has 2 heterocycles. The van der Waals surface area contributed by atoms with Crippen LogP contribution in [0.4, 0.5) is 0 Å². The van der Waals surface area contributed by atoms with Gasteiger partial charge in [-0.05, 0) is 37.0 Å². The van der Waals surface area contributed by atoms with Crippen molar-refractivity contribution in [3.05, 3.63) is 40.2 Å². The van der Waals surface area contributed by atoms with Crippen molar-refractivity contribution in [1.29, 1.82) is 0 Å². The van der Waals surface area contributed by atoms with Crippen LogP contribution in [-0.2, 0) is 16.0 Å². The molecule has 1 unspecified atom stereocenters. The molecule has 1 atom stereocenters. The molecule has 1 aliphatic heterocycles. The Hall–Kier alpha value is -2.83. The fourth-order valence-electron chi connectivity index (χ4n) is 3.26. The van der Waals surface area contributed by atoms with Gasteiger partial charge in [-0.2, -0.15) is 0 Å². The van der Waals surface area contributed by atoms with Crippen LogP contribution in [0.5, 0.6) is 5.75 Å². The number of amides is 2. The van der Waals surface area contributed by atoms with Crippen molar-refractivity contribution in [2.45, 2.75) is 26.2 Å². The highest BCUT2D eigenvalue weighted by molar-refractivity contribution is 5.82. The van der Waals surface area contributed by atoms with Crippen LogP contribution in [0.2, 0.25) is 0 Å². The molecule has 1 fully saturated rings. The summed E-state index contributed by atoms with van der Waals surface area (Å²) in [5.74, 6) is -0.416. The second-order valence-corrected chi connectivity index (χ2v) is 6.47. The molecule has 26 heavy (non-hydrogen) atoms. The van der Waals surface area contributed by atoms with E-state index in [-0.39, 0.29) is 24.3 Å². The Kier molecular flexibility index (Phi) is 5.25. The number of aryl methyl sites for hydroxylation is 1. The van der Waals surface area contributed by atoms with Crippen LogP contribution in [0.3, 0.4) is 0 Å². The maximum absolute atomic E-state index is 12.3. The molecule has 1 aromatic heterocycles. The van der Waals surface area contributed by atoms with E-state index in [0.29, 0.717) is 30.8 Å². The molecule has 2 aromatic rings. The summed E-state index contributed by atoms with van der Waals surface area (Å²) in [6, 6.07) is 6.67. The summed E-state index contributed by atoms with van der Waals surface area (Å²) in [7, 11) is 0. The lowest BCUT2D eigenvalue weighted by Gasteiger charge is -2.31. The van der Waals surface area contributed by atoms with Gasteiger partial charge >= 0.3 is 5.63 Å². The minimum absolute atomic E-state index is 0.144. The zero-order valence-electron chi connectivity index (χ0n) is 14.7. The maximum atomic E-state index is 12.3. The van der Waals surface area contributed by atoms with E-state index >= 15 is 0 Å². The Morgan fingerprint density at radius 3 is 2.88 bits per heavy atom. The van der Waals surface area contributed by atoms with E-state index in [9.17, 15) is 14.4 Å². The Morgan fingerprint density at radius 1 is 1.35 bits per heavy atom. The van der Waals surface area contributed by atoms with Crippen molar-refractivity contribution in [2.75, 3.05) is 19.7 Å². The van der Waals surface area contributed by atoms with Gasteiger partial charge in [0.2, 0.25) is 5.91 Å². The van der Waals surface area contributed by atoms with Crippen LogP contribution in [0.15, 0.2) is 33.5 Å². The molecule has 2 amide bonds. The third-order valence-corrected chi connectivity index (χ3v) is 4.72. The molecule has 0 aliphatic carbocycles. The lowest BCUT2D eigenvalue weighted by molar-refractivity contribution is -0.136. The van der Waals surface area contributed by atoms with Gasteiger partial charge in [-0.25, -0.2) is 4.79 Å². The Balaban J connectivity index is 1.68. The predicted octanol–water partition coefficient (Wildman–Crippen LogP) is 1.46. The van der Waals surface area contributed by atoms with Gasteiger partial charge in [-0.1, -0.05) is 6.92 Å². The fraction of sp³-hybridized carbons (Fsp3) is 0.421. The minimum atomic E-state index is -0.409. The number of carbonyl (C=O) groups excluding carboxylic acids is 2. The number of fused-ring (bicyclic) bond motifs is 1. The first kappa shape index (κ1) is 18.0. The van der Waals surface area contributed by atoms with E-state index in [2.05, 4.69) is 0 Å². The van der Waals surface area contributed by atoms with Crippen molar-refractivity contribution >= 4 is 22.8 Å². The molecule has 0 spiro atoms. The number of hydrogen-bond donors (Lipinski definition) is 1. The van der Waals surface area contributed by atoms with Crippen molar-refractivity contribution < 1.29 is 18.7 Å². The fourth-order valence-corrected chi connectivity index (χ4v) is 3.26. The molecular formula is C19H22N2O5. The van der Waals surface area contributed by atoms with Crippen molar-refractivity contribution in [2.24, 2.45) is 11.7 Å². The van der Waals surface area contributed by atoms with Crippen molar-refractivity contribution in [3.8, 4) is 5.75 Å². The van der Waals surface area contributed by atoms with Crippen molar-refractivity contribution in [3.63, 3.8) is 0 Å². The number of benzene rings is 1. The summed E-state index contributed by atoms with van der Waals surface area (Å²) in [5.41, 5.74) is 6.27. The van der Waals surface area contributed by atoms with Crippen molar-refractivity contribution in [1.82, 2.24) is 4.90 Å². The maximum Gasteiger partial charge on any atom is 0.336 e. The highest BCUT2D eigenvalue weighted by atomic mass is 16.5. The molecule has 0 saturated carbocycles. The number of piperidine rings is 1. The number of nitrogens with zero attached hydrogens (tertiary/aromatic N) is 1. The van der Waals surface area contributed by atoms with Crippen LogP contribution in [0.25, 0.3) is 11.0 Å². The van der Waals surface area contributed by atoms with Crippen LogP contribution in [-0.4, -0.2) is 36.4 Å². The SMILES string of the molecule is CCc1cc(=O)oc2cc(OCC(=O)N3CCCC(C(N)=O)C3)ccc12. The first-order valence-corrected chi connectivity index (χ1v) is 8.74. The zero-order chi connectivity index (χ0) is 18.7. The molecule has 0 radical (unpaired) electrons. The average Bonchev–Trinajstić information content (AvgIpc) is 2.65. The molecule has 0 bridgehead atoms. The number of primary amides is 1. The lowest BCUT2D eigenvalue weighted by atomic mass is 9.97. The monoisotopic (exact) mass is 358 g/mol. The number of nitrogens with two attached hydrogens (primary N) is 1. The van der Waals surface area contributed by atoms with Gasteiger partial charge in [-0.3, -0.25) is 9.59 Å². The first-order valence-electron chi connectivity index (χ1n) is 8.74. The third kappa shape index (κ3) is 3.87. The largest absolute Gasteiger partial charge is 0.484 e. The molecule has 1 saturated heterocycles. The summed E-state index contributed by atoms with van der Waals surface area (Å²) < 4.78 is 10.8. The number of rotatable bonds is 5. The highest BCUT2D eigenvalue weighted by Gasteiger charge is 2.27. The molecular weight excluding hydrogens is 336 g/mol. The normalized spacial score (nSPS) is 17.3. The van der Waals surface area contributed by atoms with Crippen LogP contribution in [0.1, 0.15) is 25.3 Å². The third-order valence-electron chi connectivity index (χ3n) is 4.72. The molecule has 3 rings (SSSR count). The Bertz CT molecular complexity index is 889. The summed E-state index contributed by atoms with van der Waals surface area (Å²) in [6.45, 7) is 2.76. The number of hydrogen-bond acceptors (Lipinski definition) is 5. The minimum Gasteiger partial charge on any atom is -0.484 e. The lowest BCUT2D eigenvalue weighted by Crippen LogP contribution is -2.45. The second kappa shape index (κ2) is 7.59. The Morgan fingerprint density at radius 2 is 2.15 bits per heavy atom. The van der Waals surface area contributed by atoms with Gasteiger partial charge in [0.25, 0.3) is 5.91 Å². The molecule has 138 valence electrons. The van der Waals surface area contributed by atoms with Crippen LogP contribution in [0, 0.1) is 5.92 Å². The smallest absolute Gasteiger partial charge is 0.336 e. The zero-order valence-corrected chi connectivity index (χ0v) is 14.7. The predicted molar refractivity (Wildman–Crippen MR) is 95.9 cm³/mol. The molecule has 7 heteroatoms. The Labute approximate surface area is 150 Å². The summed E-state index contributed by atoms with van der Waals surface area (Å²) in [5, 5.41) is 0.853. The standard InChI is InChI=1S/C19H22N2O5/c1-2-12-8-18(23)26-16-9-14(5-6-15(12)16)25-11-17(22)21-7-3-4-13(10-21)19(20)24/h5-6,8-9,13H,2-4,7,10-11H2,1H3,(H2,20,24). The summed E-state index contributed by atoms with van der Waals surface area (Å²) in [4.78, 5) is 36.9. The number of likely N-dealkylation sites (tertiary alicyclic amines) is 1. The van der Waals surface area contributed by atoms with E-state index in [4.69, 9.17) is 14.9 Å². The second-order valence-electron chi connectivity index (χ2n) is 6.47. The van der Waals surface area contributed by atoms with Gasteiger partial charge in [0.1, 0.15) is 11.3 Å². The van der Waals surface area contributed by atoms with E-state index in [0.717, 1.165) is 23.8 Å². The van der Waals surface area contributed by atoms with E-state index in [1.807, 2.05) is 13.0 Å². The van der Waals surface area contributed by atoms with E-state index in [1.54, 1.807) is 17.0 Å². The molecule has 2 N–H and O–H groups in total. The van der Waals surface area contributed by atoms with Crippen LogP contribution < -0.4 is 16.1 Å². The first-order chi connectivity index (χ1) is 12.5. The topological polar surface area (TPSA) is 103 Å². The summed E-state index contributed by atoms with van der Waals surface area (Å²) in [6.07, 6.45) is 2.18. The molecule has 1 aliphatic rings. The van der Waals surface area contributed by atoms with Gasteiger partial charge < -0.3 is 19.8 Å². The van der Waals surface area contributed by atoms with Gasteiger partial charge in [0.15, 0.2) is 6.61 Å². The average molecular weight is 358 g/mol. The highest BCUT2D eigenvalue weighted by Crippen LogP contribution is 2.23. The van der Waals surface area contributed by atoms with Crippen LogP contribution >= 0.6 is 0 Å². The molecule has 1 aromatic carbocycles. The number of ether oxygens (including phenoxy) is 1.